The van der Waals surface area contributed by atoms with Crippen LogP contribution in [0.3, 0.4) is 0 Å². The lowest BCUT2D eigenvalue weighted by molar-refractivity contribution is -0.129. The number of carbonyl (C=O) groups is 1. The van der Waals surface area contributed by atoms with Crippen LogP contribution >= 0.6 is 0 Å². The first kappa shape index (κ1) is 15.9. The van der Waals surface area contributed by atoms with Gasteiger partial charge in [0.2, 0.25) is 5.91 Å². The first-order chi connectivity index (χ1) is 7.75. The van der Waals surface area contributed by atoms with Gasteiger partial charge in [-0.1, -0.05) is 13.8 Å². The van der Waals surface area contributed by atoms with Gasteiger partial charge in [0.15, 0.2) is 0 Å². The highest BCUT2D eigenvalue weighted by Crippen LogP contribution is 2.25. The Balaban J connectivity index is 4.62. The number of hydrogen-bond donors (Lipinski definition) is 1. The minimum Gasteiger partial charge on any atom is -0.353 e. The topological polar surface area (TPSA) is 56.1 Å². The Labute approximate surface area is 105 Å². The molecule has 0 aliphatic heterocycles. The van der Waals surface area contributed by atoms with Crippen molar-refractivity contribution in [2.24, 2.45) is 5.41 Å². The molecule has 1 N–H and O–H groups in total. The van der Waals surface area contributed by atoms with Gasteiger partial charge in [-0.2, -0.15) is 5.26 Å². The standard InChI is InChI=1S/C13H25N3O/c1-7-13(8-2,9-14)11(17)15-10-12(3,4)16(5)6/h7-8,10H2,1-6H3,(H,15,17). The second-order valence-corrected chi connectivity index (χ2v) is 5.29. The van der Waals surface area contributed by atoms with Crippen molar-refractivity contribution < 1.29 is 4.79 Å². The second-order valence-electron chi connectivity index (χ2n) is 5.29. The Morgan fingerprint density at radius 3 is 2.06 bits per heavy atom. The molecule has 1 amide bonds. The molecule has 0 aliphatic rings. The summed E-state index contributed by atoms with van der Waals surface area (Å²) in [5.41, 5.74) is -0.985. The summed E-state index contributed by atoms with van der Waals surface area (Å²) >= 11 is 0. The van der Waals surface area contributed by atoms with E-state index in [-0.39, 0.29) is 11.4 Å². The summed E-state index contributed by atoms with van der Waals surface area (Å²) in [6.07, 6.45) is 1.10. The fourth-order valence-electron chi connectivity index (χ4n) is 1.40. The molecule has 0 fully saturated rings. The van der Waals surface area contributed by atoms with Gasteiger partial charge >= 0.3 is 0 Å². The SMILES string of the molecule is CCC(C#N)(CC)C(=O)NCC(C)(C)N(C)C. The van der Waals surface area contributed by atoms with E-state index < -0.39 is 5.41 Å². The maximum absolute atomic E-state index is 12.1. The molecule has 0 heterocycles. The molecule has 98 valence electrons. The van der Waals surface area contributed by atoms with Crippen LogP contribution in [-0.4, -0.2) is 37.0 Å². The average molecular weight is 239 g/mol. The summed E-state index contributed by atoms with van der Waals surface area (Å²) in [5, 5.41) is 12.1. The molecule has 4 nitrogen and oxygen atoms in total. The van der Waals surface area contributed by atoms with E-state index in [2.05, 4.69) is 30.1 Å². The molecular weight excluding hydrogens is 214 g/mol. The number of carbonyl (C=O) groups excluding carboxylic acids is 1. The smallest absolute Gasteiger partial charge is 0.240 e. The van der Waals surface area contributed by atoms with Gasteiger partial charge < -0.3 is 10.2 Å². The zero-order chi connectivity index (χ0) is 13.7. The van der Waals surface area contributed by atoms with E-state index in [0.717, 1.165) is 0 Å². The van der Waals surface area contributed by atoms with Gasteiger partial charge in [-0.05, 0) is 40.8 Å². The van der Waals surface area contributed by atoms with E-state index >= 15 is 0 Å². The van der Waals surface area contributed by atoms with Crippen LogP contribution in [0.4, 0.5) is 0 Å². The highest BCUT2D eigenvalue weighted by Gasteiger charge is 2.35. The summed E-state index contributed by atoms with van der Waals surface area (Å²) in [6, 6.07) is 2.15. The number of likely N-dealkylation sites (N-methyl/N-ethyl adjacent to an activating group) is 1. The fourth-order valence-corrected chi connectivity index (χ4v) is 1.40. The van der Waals surface area contributed by atoms with Crippen molar-refractivity contribution in [1.29, 1.82) is 5.26 Å². The van der Waals surface area contributed by atoms with E-state index in [9.17, 15) is 4.79 Å². The van der Waals surface area contributed by atoms with Gasteiger partial charge in [0, 0.05) is 12.1 Å². The average Bonchev–Trinajstić information content (AvgIpc) is 2.29. The van der Waals surface area contributed by atoms with Crippen molar-refractivity contribution in [3.8, 4) is 6.07 Å². The largest absolute Gasteiger partial charge is 0.353 e. The molecular formula is C13H25N3O. The molecule has 0 aromatic rings. The van der Waals surface area contributed by atoms with Crippen LogP contribution < -0.4 is 5.32 Å². The third kappa shape index (κ3) is 3.71. The molecule has 0 atom stereocenters. The van der Waals surface area contributed by atoms with Crippen LogP contribution in [-0.2, 0) is 4.79 Å². The summed E-state index contributed by atoms with van der Waals surface area (Å²) in [6.45, 7) is 8.41. The predicted molar refractivity (Wildman–Crippen MR) is 69.4 cm³/mol. The monoisotopic (exact) mass is 239 g/mol. The normalized spacial score (nSPS) is 12.4. The number of nitrogens with one attached hydrogen (secondary N) is 1. The van der Waals surface area contributed by atoms with E-state index in [1.807, 2.05) is 27.9 Å². The van der Waals surface area contributed by atoms with Gasteiger partial charge in [0.25, 0.3) is 0 Å². The Kier molecular flexibility index (Phi) is 5.63. The maximum atomic E-state index is 12.1. The first-order valence-corrected chi connectivity index (χ1v) is 6.12. The molecule has 0 rings (SSSR count). The van der Waals surface area contributed by atoms with Gasteiger partial charge in [0.1, 0.15) is 5.41 Å². The molecule has 0 saturated heterocycles. The van der Waals surface area contributed by atoms with Crippen molar-refractivity contribution in [1.82, 2.24) is 10.2 Å². The number of amides is 1. The zero-order valence-corrected chi connectivity index (χ0v) is 11.9. The van der Waals surface area contributed by atoms with Crippen molar-refractivity contribution in [3.63, 3.8) is 0 Å². The summed E-state index contributed by atoms with van der Waals surface area (Å²) in [4.78, 5) is 14.1. The molecule has 0 aromatic carbocycles. The summed E-state index contributed by atoms with van der Waals surface area (Å²) in [7, 11) is 3.95. The highest BCUT2D eigenvalue weighted by atomic mass is 16.2. The van der Waals surface area contributed by atoms with Gasteiger partial charge in [-0.3, -0.25) is 4.79 Å². The Morgan fingerprint density at radius 2 is 1.76 bits per heavy atom. The Morgan fingerprint density at radius 1 is 1.29 bits per heavy atom. The van der Waals surface area contributed by atoms with Crippen LogP contribution in [0.25, 0.3) is 0 Å². The van der Waals surface area contributed by atoms with E-state index in [1.54, 1.807) is 0 Å². The van der Waals surface area contributed by atoms with Gasteiger partial charge in [-0.25, -0.2) is 0 Å². The zero-order valence-electron chi connectivity index (χ0n) is 11.9. The van der Waals surface area contributed by atoms with E-state index in [1.165, 1.54) is 0 Å². The van der Waals surface area contributed by atoms with Crippen LogP contribution in [0.2, 0.25) is 0 Å². The maximum Gasteiger partial charge on any atom is 0.240 e. The lowest BCUT2D eigenvalue weighted by atomic mass is 9.83. The fraction of sp³-hybridized carbons (Fsp3) is 0.846. The van der Waals surface area contributed by atoms with Crippen LogP contribution in [0.1, 0.15) is 40.5 Å². The van der Waals surface area contributed by atoms with Crippen LogP contribution in [0, 0.1) is 16.7 Å². The number of nitrogens with zero attached hydrogens (tertiary/aromatic N) is 2. The summed E-state index contributed by atoms with van der Waals surface area (Å²) < 4.78 is 0. The van der Waals surface area contributed by atoms with Crippen LogP contribution in [0.15, 0.2) is 0 Å². The lowest BCUT2D eigenvalue weighted by Crippen LogP contribution is -2.51. The molecule has 0 spiro atoms. The van der Waals surface area contributed by atoms with Crippen molar-refractivity contribution in [2.45, 2.75) is 46.1 Å². The van der Waals surface area contributed by atoms with Gasteiger partial charge in [0.05, 0.1) is 6.07 Å². The molecule has 0 unspecified atom stereocenters. The molecule has 4 heteroatoms. The molecule has 17 heavy (non-hydrogen) atoms. The third-order valence-corrected chi connectivity index (χ3v) is 3.75. The van der Waals surface area contributed by atoms with Gasteiger partial charge in [-0.15, -0.1) is 0 Å². The molecule has 0 saturated carbocycles. The van der Waals surface area contributed by atoms with Crippen LogP contribution in [0.5, 0.6) is 0 Å². The molecule has 0 radical (unpaired) electrons. The lowest BCUT2D eigenvalue weighted by Gasteiger charge is -2.34. The number of hydrogen-bond acceptors (Lipinski definition) is 3. The van der Waals surface area contributed by atoms with Crippen molar-refractivity contribution in [2.75, 3.05) is 20.6 Å². The Hall–Kier alpha value is -1.08. The highest BCUT2D eigenvalue weighted by molar-refractivity contribution is 5.85. The number of nitriles is 1. The molecule has 0 aliphatic carbocycles. The molecule has 0 bridgehead atoms. The third-order valence-electron chi connectivity index (χ3n) is 3.75. The van der Waals surface area contributed by atoms with E-state index in [0.29, 0.717) is 19.4 Å². The quantitative estimate of drug-likeness (QED) is 0.768. The minimum atomic E-state index is -0.873. The second kappa shape index (κ2) is 6.02. The predicted octanol–water partition coefficient (Wildman–Crippen LogP) is 1.77. The van der Waals surface area contributed by atoms with E-state index in [4.69, 9.17) is 5.26 Å². The molecule has 0 aromatic heterocycles. The minimum absolute atomic E-state index is 0.113. The number of rotatable bonds is 6. The summed E-state index contributed by atoms with van der Waals surface area (Å²) in [5.74, 6) is -0.153. The Bertz CT molecular complexity index is 298. The first-order valence-electron chi connectivity index (χ1n) is 6.12. The van der Waals surface area contributed by atoms with Crippen molar-refractivity contribution in [3.05, 3.63) is 0 Å². The van der Waals surface area contributed by atoms with Crippen molar-refractivity contribution >= 4 is 5.91 Å².